The van der Waals surface area contributed by atoms with Gasteiger partial charge in [-0.25, -0.2) is 0 Å². The first-order chi connectivity index (χ1) is 50.0. The van der Waals surface area contributed by atoms with Gasteiger partial charge >= 0.3 is 0 Å². The van der Waals surface area contributed by atoms with E-state index in [0.717, 1.165) is 8.67 Å². The van der Waals surface area contributed by atoms with Crippen molar-refractivity contribution < 1.29 is 0 Å². The molecule has 0 bridgehead atoms. The molecule has 12 aromatic rings. The van der Waals surface area contributed by atoms with Crippen LogP contribution in [0, 0.1) is 0 Å². The van der Waals surface area contributed by atoms with Gasteiger partial charge in [0.2, 0.25) is 0 Å². The van der Waals surface area contributed by atoms with Crippen LogP contribution in [0.2, 0.25) is 244 Å². The van der Waals surface area contributed by atoms with E-state index in [0.29, 0.717) is 0 Å². The summed E-state index contributed by atoms with van der Waals surface area (Å²) in [5.41, 5.74) is 6.24. The van der Waals surface area contributed by atoms with E-state index in [9.17, 15) is 0 Å². The monoisotopic (exact) mass is 1910 g/mol. The molecular weight excluding hydrogens is 1800 g/mol. The molecule has 0 unspecified atom stereocenters. The number of hydrogen-bond acceptors (Lipinski definition) is 12. The summed E-state index contributed by atoms with van der Waals surface area (Å²) in [4.78, 5) is 2.92. The van der Waals surface area contributed by atoms with E-state index in [1.807, 2.05) is 22.7 Å². The summed E-state index contributed by atoms with van der Waals surface area (Å²) in [6, 6.07) is 11.0. The molecule has 0 aromatic carbocycles. The van der Waals surface area contributed by atoms with E-state index in [4.69, 9.17) is 23.2 Å². The van der Waals surface area contributed by atoms with Crippen molar-refractivity contribution in [2.24, 2.45) is 0 Å². The van der Waals surface area contributed by atoms with E-state index in [1.165, 1.54) is 91.8 Å². The average molecular weight is 1910 g/mol. The number of fused-ring (bicyclic) bond motifs is 20. The topological polar surface area (TPSA) is 0 Å². The quantitative estimate of drug-likeness (QED) is 0.101. The molecule has 12 heterocycles. The molecule has 0 atom stereocenters. The molecule has 16 rings (SSSR count). The van der Waals surface area contributed by atoms with Crippen LogP contribution in [0.1, 0.15) is 0 Å². The number of hydrogen-bond donors (Lipinski definition) is 0. The summed E-state index contributed by atoms with van der Waals surface area (Å²) < 4.78 is 33.7. The lowest BCUT2D eigenvalue weighted by atomic mass is 9.93. The Bertz CT molecular complexity index is 6280. The molecular formula is C84H112Cl2S12Si12. The lowest BCUT2D eigenvalue weighted by Gasteiger charge is -2.21. The maximum atomic E-state index is 8.89. The normalized spacial score (nSPS) is 14.6. The number of rotatable bonds is 13. The largest absolute Gasteiger partial charge is 0.143 e. The molecule has 582 valence electrons. The molecule has 110 heavy (non-hydrogen) atoms. The molecule has 0 saturated heterocycles. The van der Waals surface area contributed by atoms with Crippen molar-refractivity contribution in [2.75, 3.05) is 0 Å². The third kappa shape index (κ3) is 12.9. The van der Waals surface area contributed by atoms with E-state index < -0.39 is 96.9 Å². The third-order valence-corrected chi connectivity index (χ3v) is 80.3. The molecule has 0 saturated carbocycles. The first-order valence-electron chi connectivity index (χ1n) is 39.3. The van der Waals surface area contributed by atoms with Crippen molar-refractivity contribution in [3.63, 3.8) is 0 Å². The maximum Gasteiger partial charge on any atom is 0.101 e. The first kappa shape index (κ1) is 83.2. The summed E-state index contributed by atoms with van der Waals surface area (Å²) in [5.74, 6) is 0. The first-order valence-corrected chi connectivity index (χ1v) is 91.9. The van der Waals surface area contributed by atoms with Crippen molar-refractivity contribution in [3.05, 3.63) is 32.9 Å². The Morgan fingerprint density at radius 2 is 0.345 bits per heavy atom. The van der Waals surface area contributed by atoms with Gasteiger partial charge in [0.05, 0.1) is 144 Å². The standard InChI is InChI=1S/C84H112Cl2S12Si12/c1-99(2,3)45-37-41-43-39-47(101(7,8)9)89-67(43)71-51-49-57(77(103(13,14)15)91-69(49)65(41)87-45)61-53(55-63(59(51)79(93-71)105(19,20)21)83(97-75(55)85)109(31,32)33)73(95-81(61)107(25,26)27)74-54-56-64(84(98-76(56)86)110(34,35)36)60-52-50-58(62(54)82(96-74)108(28,29)30)78(104(16,17)18)92-70(50)66-42(38-46(88-66)100(4,5)6)44-40-48(102(10,11)12)90-68(44)72(52)94-80(60)106(22,23)24/h37-40H,1-36H3. The van der Waals surface area contributed by atoms with Gasteiger partial charge in [-0.15, -0.1) is 136 Å². The highest BCUT2D eigenvalue weighted by Gasteiger charge is 2.45. The Labute approximate surface area is 725 Å². The van der Waals surface area contributed by atoms with Crippen molar-refractivity contribution in [3.8, 4) is 32.0 Å². The highest BCUT2D eigenvalue weighted by molar-refractivity contribution is 7.45. The van der Waals surface area contributed by atoms with Crippen LogP contribution in [-0.2, 0) is 0 Å². The molecule has 0 fully saturated rings. The van der Waals surface area contributed by atoms with Crippen LogP contribution in [0.15, 0.2) is 24.3 Å². The van der Waals surface area contributed by atoms with E-state index >= 15 is 0 Å². The Hall–Kier alpha value is -0.417. The fraction of sp³-hybridized carbons (Fsp3) is 0.429. The Morgan fingerprint density at radius 1 is 0.173 bits per heavy atom. The minimum absolute atomic E-state index is 0.990. The Kier molecular flexibility index (Phi) is 19.7. The Morgan fingerprint density at radius 3 is 0.527 bits per heavy atom. The van der Waals surface area contributed by atoms with Crippen LogP contribution in [0.3, 0.4) is 0 Å². The van der Waals surface area contributed by atoms with E-state index in [1.54, 1.807) is 118 Å². The van der Waals surface area contributed by atoms with E-state index in [-0.39, 0.29) is 0 Å². The van der Waals surface area contributed by atoms with Gasteiger partial charge in [-0.3, -0.25) is 0 Å². The average Bonchev–Trinajstić information content (AvgIpc) is 1.51. The second-order valence-corrected chi connectivity index (χ2v) is 122. The lowest BCUT2D eigenvalue weighted by Crippen LogP contribution is -2.39. The predicted octanol–water partition coefficient (Wildman–Crippen LogP) is 29.1. The van der Waals surface area contributed by atoms with Crippen LogP contribution in [0.5, 0.6) is 0 Å². The Balaban J connectivity index is 1.31. The van der Waals surface area contributed by atoms with Crippen LogP contribution in [0.25, 0.3) is 156 Å². The molecule has 0 spiro atoms. The molecule has 0 aliphatic heterocycles. The van der Waals surface area contributed by atoms with Gasteiger partial charge in [0.1, 0.15) is 8.67 Å². The van der Waals surface area contributed by atoms with Crippen molar-refractivity contribution in [1.29, 1.82) is 0 Å². The zero-order valence-electron chi connectivity index (χ0n) is 72.0. The second kappa shape index (κ2) is 26.1. The summed E-state index contributed by atoms with van der Waals surface area (Å²) in [5, 5.41) is 23.9. The van der Waals surface area contributed by atoms with Crippen LogP contribution in [-0.4, -0.2) is 96.9 Å². The predicted molar refractivity (Wildman–Crippen MR) is 573 cm³/mol. The van der Waals surface area contributed by atoms with Gasteiger partial charge in [-0.05, 0) is 78.3 Å². The summed E-state index contributed by atoms with van der Waals surface area (Å²) >= 11 is 43.9. The summed E-state index contributed by atoms with van der Waals surface area (Å²) in [6.07, 6.45) is 0. The second-order valence-electron chi connectivity index (χ2n) is 44.4. The van der Waals surface area contributed by atoms with Crippen LogP contribution >= 0.6 is 159 Å². The van der Waals surface area contributed by atoms with E-state index in [2.05, 4.69) is 373 Å². The minimum Gasteiger partial charge on any atom is -0.143 e. The number of halogens is 2. The SMILES string of the molecule is C[Si](C)(C)c1cc2c3cc([Si](C)(C)C)sc3c3sc([Si](C)(C)C)c4c3-c3c(sc([Si](C)(C)C)c3c3c([Si](C)(C)C)sc(Cl)c3c3c(-c5sc([Si](C)(C)C)c6c7c([Si](C)(C)C)sc8c7-c7c(sc([Si](C)(C)C)c7c7c([Si](C)(C)C)sc(Cl)c7c56)c5sc([Si](C)(C)C)cc5c5cc([Si](C)(C)C)sc85)sc([Si](C)(C)C)c43)c2s1. The molecule has 12 aromatic heterocycles. The maximum absolute atomic E-state index is 8.89. The van der Waals surface area contributed by atoms with Crippen molar-refractivity contribution >= 4 is 434 Å². The minimum atomic E-state index is -2.36. The molecule has 4 aliphatic carbocycles. The molecule has 0 radical (unpaired) electrons. The van der Waals surface area contributed by atoms with Crippen molar-refractivity contribution in [2.45, 2.75) is 236 Å². The van der Waals surface area contributed by atoms with Gasteiger partial charge < -0.3 is 0 Å². The molecule has 0 N–H and O–H groups in total. The molecule has 0 amide bonds. The summed E-state index contributed by atoms with van der Waals surface area (Å²) in [6.45, 7) is 95.6. The van der Waals surface area contributed by atoms with Crippen LogP contribution < -0.4 is 54.0 Å². The van der Waals surface area contributed by atoms with Gasteiger partial charge in [0.25, 0.3) is 0 Å². The summed E-state index contributed by atoms with van der Waals surface area (Å²) in [7, 11) is -25.4. The third-order valence-electron chi connectivity index (χ3n) is 22.1. The van der Waals surface area contributed by atoms with Gasteiger partial charge in [-0.1, -0.05) is 259 Å². The van der Waals surface area contributed by atoms with Crippen molar-refractivity contribution in [1.82, 2.24) is 0 Å². The smallest absolute Gasteiger partial charge is 0.101 e. The fourth-order valence-corrected chi connectivity index (χ4v) is 59.2. The zero-order chi connectivity index (χ0) is 80.7. The highest BCUT2D eigenvalue weighted by Crippen LogP contribution is 2.61. The molecule has 0 nitrogen and oxygen atoms in total. The van der Waals surface area contributed by atoms with Gasteiger partial charge in [-0.2, -0.15) is 0 Å². The lowest BCUT2D eigenvalue weighted by molar-refractivity contribution is 1.79. The fourth-order valence-electron chi connectivity index (χ4n) is 16.9. The molecule has 4 aliphatic rings. The van der Waals surface area contributed by atoms with Gasteiger partial charge in [0, 0.05) is 108 Å². The zero-order valence-corrected chi connectivity index (χ0v) is 95.3. The van der Waals surface area contributed by atoms with Crippen LogP contribution in [0.4, 0.5) is 0 Å². The number of thiophene rings is 12. The molecule has 26 heteroatoms. The van der Waals surface area contributed by atoms with Gasteiger partial charge in [0.15, 0.2) is 0 Å². The highest BCUT2D eigenvalue weighted by atomic mass is 35.5.